The van der Waals surface area contributed by atoms with Crippen LogP contribution in [0.25, 0.3) is 5.69 Å². The van der Waals surface area contributed by atoms with Crippen LogP contribution >= 0.6 is 0 Å². The van der Waals surface area contributed by atoms with Crippen molar-refractivity contribution in [3.05, 3.63) is 47.0 Å². The number of aromatic nitrogens is 3. The lowest BCUT2D eigenvalue weighted by Gasteiger charge is -1.98. The fourth-order valence-corrected chi connectivity index (χ4v) is 1.07. The van der Waals surface area contributed by atoms with E-state index in [4.69, 9.17) is 0 Å². The second-order valence-electron chi connectivity index (χ2n) is 2.61. The fraction of sp³-hybridized carbons (Fsp3) is 0. The molecule has 0 amide bonds. The van der Waals surface area contributed by atoms with Gasteiger partial charge in [-0.05, 0) is 12.1 Å². The van der Waals surface area contributed by atoms with Gasteiger partial charge in [-0.1, -0.05) is 0 Å². The largest absolute Gasteiger partial charge is 0.269 e. The van der Waals surface area contributed by atoms with E-state index in [1.54, 1.807) is 12.1 Å². The van der Waals surface area contributed by atoms with Crippen LogP contribution in [0.3, 0.4) is 0 Å². The summed E-state index contributed by atoms with van der Waals surface area (Å²) in [5.41, 5.74) is 0.807. The SMILES string of the molecule is O=[N+]([O-])c1ccc(-n2cncn2)cc1. The molecule has 0 N–H and O–H groups in total. The van der Waals surface area contributed by atoms with Gasteiger partial charge in [-0.3, -0.25) is 10.1 Å². The standard InChI is InChI=1S/C8H6N4O2/c13-12(14)8-3-1-7(2-4-8)11-6-9-5-10-11/h1-6H. The molecule has 1 aromatic heterocycles. The molecule has 2 aromatic rings. The van der Waals surface area contributed by atoms with Crippen molar-refractivity contribution in [3.8, 4) is 5.69 Å². The first-order valence-electron chi connectivity index (χ1n) is 3.87. The number of nitro benzene ring substituents is 1. The van der Waals surface area contributed by atoms with E-state index >= 15 is 0 Å². The van der Waals surface area contributed by atoms with E-state index in [2.05, 4.69) is 10.1 Å². The van der Waals surface area contributed by atoms with Gasteiger partial charge in [0.25, 0.3) is 5.69 Å². The monoisotopic (exact) mass is 190 g/mol. The maximum atomic E-state index is 10.4. The van der Waals surface area contributed by atoms with Gasteiger partial charge in [-0.2, -0.15) is 5.10 Å². The summed E-state index contributed by atoms with van der Waals surface area (Å²) in [6.07, 6.45) is 2.93. The molecule has 0 unspecified atom stereocenters. The number of nitrogens with zero attached hydrogens (tertiary/aromatic N) is 4. The number of nitro groups is 1. The van der Waals surface area contributed by atoms with Crippen LogP contribution < -0.4 is 0 Å². The number of rotatable bonds is 2. The maximum absolute atomic E-state index is 10.4. The van der Waals surface area contributed by atoms with E-state index < -0.39 is 4.92 Å². The molecule has 0 aliphatic carbocycles. The van der Waals surface area contributed by atoms with Gasteiger partial charge in [-0.25, -0.2) is 9.67 Å². The van der Waals surface area contributed by atoms with E-state index in [0.29, 0.717) is 0 Å². The molecule has 6 nitrogen and oxygen atoms in total. The molecule has 0 aliphatic rings. The zero-order valence-corrected chi connectivity index (χ0v) is 7.07. The molecule has 0 saturated heterocycles. The minimum absolute atomic E-state index is 0.0638. The molecule has 0 aliphatic heterocycles. The summed E-state index contributed by atoms with van der Waals surface area (Å²) in [5, 5.41) is 14.3. The predicted molar refractivity (Wildman–Crippen MR) is 48.0 cm³/mol. The van der Waals surface area contributed by atoms with Gasteiger partial charge in [0.2, 0.25) is 0 Å². The zero-order chi connectivity index (χ0) is 9.97. The third-order valence-corrected chi connectivity index (χ3v) is 1.74. The van der Waals surface area contributed by atoms with Gasteiger partial charge >= 0.3 is 0 Å². The molecule has 0 atom stereocenters. The van der Waals surface area contributed by atoms with E-state index in [0.717, 1.165) is 5.69 Å². The number of non-ortho nitro benzene ring substituents is 1. The molecule has 1 aromatic carbocycles. The van der Waals surface area contributed by atoms with Crippen LogP contribution in [-0.2, 0) is 0 Å². The Morgan fingerprint density at radius 1 is 1.29 bits per heavy atom. The highest BCUT2D eigenvalue weighted by molar-refractivity contribution is 5.39. The molecule has 0 radical (unpaired) electrons. The van der Waals surface area contributed by atoms with Crippen molar-refractivity contribution in [1.29, 1.82) is 0 Å². The van der Waals surface area contributed by atoms with Crippen molar-refractivity contribution in [2.75, 3.05) is 0 Å². The Morgan fingerprint density at radius 2 is 2.00 bits per heavy atom. The second kappa shape index (κ2) is 3.25. The van der Waals surface area contributed by atoms with E-state index in [-0.39, 0.29) is 5.69 Å². The second-order valence-corrected chi connectivity index (χ2v) is 2.61. The van der Waals surface area contributed by atoms with Crippen LogP contribution in [0, 0.1) is 10.1 Å². The summed E-state index contributed by atoms with van der Waals surface area (Å²) in [7, 11) is 0. The van der Waals surface area contributed by atoms with Crippen LogP contribution in [0.2, 0.25) is 0 Å². The Balaban J connectivity index is 2.36. The van der Waals surface area contributed by atoms with Crippen LogP contribution in [0.4, 0.5) is 5.69 Å². The summed E-state index contributed by atoms with van der Waals surface area (Å²) >= 11 is 0. The first-order chi connectivity index (χ1) is 6.77. The molecule has 70 valence electrons. The van der Waals surface area contributed by atoms with E-state index in [1.807, 2.05) is 0 Å². The lowest BCUT2D eigenvalue weighted by Crippen LogP contribution is -1.94. The Kier molecular flexibility index (Phi) is 1.94. The summed E-state index contributed by atoms with van der Waals surface area (Å²) in [6, 6.07) is 6.09. The summed E-state index contributed by atoms with van der Waals surface area (Å²) < 4.78 is 1.53. The maximum Gasteiger partial charge on any atom is 0.269 e. The molecule has 0 bridgehead atoms. The van der Waals surface area contributed by atoms with Gasteiger partial charge in [0.05, 0.1) is 10.6 Å². The van der Waals surface area contributed by atoms with Crippen molar-refractivity contribution in [2.24, 2.45) is 0 Å². The lowest BCUT2D eigenvalue weighted by atomic mass is 10.3. The average Bonchev–Trinajstić information content (AvgIpc) is 2.71. The minimum Gasteiger partial charge on any atom is -0.258 e. The normalized spacial score (nSPS) is 10.0. The first kappa shape index (κ1) is 8.36. The van der Waals surface area contributed by atoms with Crippen molar-refractivity contribution in [1.82, 2.24) is 14.8 Å². The van der Waals surface area contributed by atoms with Crippen LogP contribution in [0.1, 0.15) is 0 Å². The molecule has 14 heavy (non-hydrogen) atoms. The quantitative estimate of drug-likeness (QED) is 0.526. The zero-order valence-electron chi connectivity index (χ0n) is 7.07. The van der Waals surface area contributed by atoms with Crippen molar-refractivity contribution in [3.63, 3.8) is 0 Å². The highest BCUT2D eigenvalue weighted by Crippen LogP contribution is 2.13. The lowest BCUT2D eigenvalue weighted by molar-refractivity contribution is -0.384. The average molecular weight is 190 g/mol. The number of benzene rings is 1. The number of hydrogen-bond acceptors (Lipinski definition) is 4. The van der Waals surface area contributed by atoms with Crippen LogP contribution in [-0.4, -0.2) is 19.7 Å². The van der Waals surface area contributed by atoms with Gasteiger partial charge in [0.1, 0.15) is 12.7 Å². The third kappa shape index (κ3) is 1.45. The summed E-state index contributed by atoms with van der Waals surface area (Å²) in [4.78, 5) is 13.7. The van der Waals surface area contributed by atoms with Crippen LogP contribution in [0.5, 0.6) is 0 Å². The summed E-state index contributed by atoms with van der Waals surface area (Å²) in [5.74, 6) is 0. The molecule has 6 heteroatoms. The van der Waals surface area contributed by atoms with Crippen LogP contribution in [0.15, 0.2) is 36.9 Å². The predicted octanol–water partition coefficient (Wildman–Crippen LogP) is 1.18. The highest BCUT2D eigenvalue weighted by atomic mass is 16.6. The molecule has 0 fully saturated rings. The van der Waals surface area contributed by atoms with Crippen molar-refractivity contribution >= 4 is 5.69 Å². The Bertz CT molecular complexity index is 435. The molecule has 1 heterocycles. The first-order valence-corrected chi connectivity index (χ1v) is 3.87. The van der Waals surface area contributed by atoms with Gasteiger partial charge in [0, 0.05) is 12.1 Å². The number of hydrogen-bond donors (Lipinski definition) is 0. The summed E-state index contributed by atoms with van der Waals surface area (Å²) in [6.45, 7) is 0. The van der Waals surface area contributed by atoms with Crippen molar-refractivity contribution in [2.45, 2.75) is 0 Å². The van der Waals surface area contributed by atoms with Gasteiger partial charge in [-0.15, -0.1) is 0 Å². The topological polar surface area (TPSA) is 73.8 Å². The Hall–Kier alpha value is -2.24. The molecular formula is C8H6N4O2. The van der Waals surface area contributed by atoms with Gasteiger partial charge in [0.15, 0.2) is 0 Å². The Morgan fingerprint density at radius 3 is 2.50 bits per heavy atom. The van der Waals surface area contributed by atoms with Gasteiger partial charge < -0.3 is 0 Å². The fourth-order valence-electron chi connectivity index (χ4n) is 1.07. The smallest absolute Gasteiger partial charge is 0.258 e. The van der Waals surface area contributed by atoms with E-state index in [9.17, 15) is 10.1 Å². The third-order valence-electron chi connectivity index (χ3n) is 1.74. The molecule has 0 spiro atoms. The minimum atomic E-state index is -0.439. The highest BCUT2D eigenvalue weighted by Gasteiger charge is 2.04. The Labute approximate surface area is 79.0 Å². The van der Waals surface area contributed by atoms with Crippen molar-refractivity contribution < 1.29 is 4.92 Å². The van der Waals surface area contributed by atoms with E-state index in [1.165, 1.54) is 29.5 Å². The molecule has 0 saturated carbocycles. The molecule has 2 rings (SSSR count). The molecular weight excluding hydrogens is 184 g/mol.